The van der Waals surface area contributed by atoms with Crippen molar-refractivity contribution in [2.75, 3.05) is 0 Å². The Hall–Kier alpha value is -2.19. The van der Waals surface area contributed by atoms with E-state index in [-0.39, 0.29) is 36.2 Å². The Balaban J connectivity index is 1.56. The molecule has 1 aliphatic rings. The van der Waals surface area contributed by atoms with Gasteiger partial charge in [-0.25, -0.2) is 4.68 Å². The lowest BCUT2D eigenvalue weighted by Crippen LogP contribution is -2.62. The summed E-state index contributed by atoms with van der Waals surface area (Å²) in [6.45, 7) is 8.83. The van der Waals surface area contributed by atoms with Crippen LogP contribution < -0.4 is 15.4 Å². The molecule has 1 aliphatic heterocycles. The number of rotatable bonds is 6. The molecule has 0 unspecified atom stereocenters. The van der Waals surface area contributed by atoms with Crippen molar-refractivity contribution in [3.8, 4) is 5.75 Å². The van der Waals surface area contributed by atoms with Crippen LogP contribution in [0.25, 0.3) is 0 Å². The highest BCUT2D eigenvalue weighted by molar-refractivity contribution is 6.30. The fraction of sp³-hybridized carbons (Fsp3) is 0.579. The van der Waals surface area contributed by atoms with E-state index in [4.69, 9.17) is 16.3 Å². The molecule has 1 aromatic carbocycles. The second kappa shape index (κ2) is 8.05. The first-order valence-electron chi connectivity index (χ1n) is 9.34. The van der Waals surface area contributed by atoms with Gasteiger partial charge in [-0.3, -0.25) is 4.79 Å². The van der Waals surface area contributed by atoms with Crippen molar-refractivity contribution in [1.82, 2.24) is 30.8 Å². The number of aromatic nitrogens is 4. The zero-order valence-electron chi connectivity index (χ0n) is 16.7. The molecule has 152 valence electrons. The van der Waals surface area contributed by atoms with Crippen LogP contribution in [-0.2, 0) is 17.9 Å². The van der Waals surface area contributed by atoms with Crippen molar-refractivity contribution < 1.29 is 9.53 Å². The molecule has 0 aliphatic carbocycles. The number of nitrogens with zero attached hydrogens (tertiary/aromatic N) is 4. The smallest absolute Gasteiger partial charge is 0.242 e. The second-order valence-electron chi connectivity index (χ2n) is 8.56. The van der Waals surface area contributed by atoms with Crippen LogP contribution in [-0.4, -0.2) is 43.2 Å². The van der Waals surface area contributed by atoms with Crippen molar-refractivity contribution in [2.45, 2.75) is 70.8 Å². The highest BCUT2D eigenvalue weighted by atomic mass is 35.5. The number of hydrogen-bond acceptors (Lipinski definition) is 6. The predicted molar refractivity (Wildman–Crippen MR) is 106 cm³/mol. The van der Waals surface area contributed by atoms with Gasteiger partial charge in [0.25, 0.3) is 0 Å². The maximum Gasteiger partial charge on any atom is 0.242 e. The fourth-order valence-electron chi connectivity index (χ4n) is 3.96. The van der Waals surface area contributed by atoms with Crippen LogP contribution in [0.2, 0.25) is 5.02 Å². The molecule has 1 amide bonds. The molecular weight excluding hydrogens is 380 g/mol. The van der Waals surface area contributed by atoms with Gasteiger partial charge in [0.1, 0.15) is 18.9 Å². The first kappa shape index (κ1) is 20.5. The maximum atomic E-state index is 12.6. The van der Waals surface area contributed by atoms with Crippen LogP contribution in [0.15, 0.2) is 24.3 Å². The topological polar surface area (TPSA) is 94.0 Å². The van der Waals surface area contributed by atoms with Crippen molar-refractivity contribution in [3.63, 3.8) is 0 Å². The lowest BCUT2D eigenvalue weighted by Gasteiger charge is -2.46. The zero-order valence-corrected chi connectivity index (χ0v) is 17.5. The normalized spacial score (nSPS) is 18.6. The number of halogens is 1. The number of hydrogen-bond donors (Lipinski definition) is 2. The Morgan fingerprint density at radius 1 is 1.25 bits per heavy atom. The minimum absolute atomic E-state index is 0.0356. The molecule has 2 N–H and O–H groups in total. The van der Waals surface area contributed by atoms with E-state index in [1.54, 1.807) is 24.3 Å². The molecule has 28 heavy (non-hydrogen) atoms. The first-order chi connectivity index (χ1) is 13.1. The summed E-state index contributed by atoms with van der Waals surface area (Å²) >= 11 is 5.87. The third-order valence-electron chi connectivity index (χ3n) is 4.64. The Labute approximate surface area is 170 Å². The zero-order chi connectivity index (χ0) is 20.4. The Kier molecular flexibility index (Phi) is 5.90. The van der Waals surface area contributed by atoms with E-state index >= 15 is 0 Å². The molecule has 1 aromatic heterocycles. The van der Waals surface area contributed by atoms with Crippen LogP contribution in [0.4, 0.5) is 0 Å². The van der Waals surface area contributed by atoms with E-state index < -0.39 is 0 Å². The van der Waals surface area contributed by atoms with Gasteiger partial charge in [0.15, 0.2) is 5.82 Å². The van der Waals surface area contributed by atoms with Gasteiger partial charge >= 0.3 is 0 Å². The highest BCUT2D eigenvalue weighted by Crippen LogP contribution is 2.28. The standard InChI is InChI=1S/C19H27ClN6O2/c1-18(2)9-14(10-19(3,4)23-18)21-17(27)11-26-16(22-24-25-26)12-28-15-7-5-13(20)6-8-15/h5-8,14,23H,9-12H2,1-4H3,(H,21,27). The van der Waals surface area contributed by atoms with E-state index in [1.807, 2.05) is 0 Å². The number of nitrogens with one attached hydrogen (secondary N) is 2. The molecule has 3 rings (SSSR count). The van der Waals surface area contributed by atoms with E-state index in [0.29, 0.717) is 16.6 Å². The minimum atomic E-state index is -0.112. The van der Waals surface area contributed by atoms with Gasteiger partial charge in [0.2, 0.25) is 5.91 Å². The summed E-state index contributed by atoms with van der Waals surface area (Å²) in [6, 6.07) is 7.13. The summed E-state index contributed by atoms with van der Waals surface area (Å²) in [5.74, 6) is 1.03. The van der Waals surface area contributed by atoms with Crippen molar-refractivity contribution in [2.24, 2.45) is 0 Å². The maximum absolute atomic E-state index is 12.6. The van der Waals surface area contributed by atoms with Gasteiger partial charge in [0, 0.05) is 22.1 Å². The van der Waals surface area contributed by atoms with Crippen LogP contribution in [0, 0.1) is 0 Å². The number of carbonyl (C=O) groups is 1. The summed E-state index contributed by atoms with van der Waals surface area (Å²) in [7, 11) is 0. The van der Waals surface area contributed by atoms with Crippen LogP contribution in [0.1, 0.15) is 46.4 Å². The third kappa shape index (κ3) is 5.65. The first-order valence-corrected chi connectivity index (χ1v) is 9.72. The molecule has 0 atom stereocenters. The van der Waals surface area contributed by atoms with Crippen molar-refractivity contribution in [1.29, 1.82) is 0 Å². The van der Waals surface area contributed by atoms with Crippen LogP contribution in [0.5, 0.6) is 5.75 Å². The Bertz CT molecular complexity index is 802. The SMILES string of the molecule is CC1(C)CC(NC(=O)Cn2nnnc2COc2ccc(Cl)cc2)CC(C)(C)N1. The molecule has 2 heterocycles. The molecule has 9 heteroatoms. The second-order valence-corrected chi connectivity index (χ2v) is 9.00. The predicted octanol–water partition coefficient (Wildman–Crippen LogP) is 2.33. The minimum Gasteiger partial charge on any atom is -0.486 e. The van der Waals surface area contributed by atoms with E-state index in [9.17, 15) is 4.79 Å². The summed E-state index contributed by atoms with van der Waals surface area (Å²) in [5, 5.41) is 18.9. The number of piperidine rings is 1. The summed E-state index contributed by atoms with van der Waals surface area (Å²) in [6.07, 6.45) is 1.73. The lowest BCUT2D eigenvalue weighted by atomic mass is 9.79. The number of carbonyl (C=O) groups excluding carboxylic acids is 1. The number of amides is 1. The molecular formula is C19H27ClN6O2. The molecule has 0 radical (unpaired) electrons. The highest BCUT2D eigenvalue weighted by Gasteiger charge is 2.38. The number of benzene rings is 1. The molecule has 8 nitrogen and oxygen atoms in total. The van der Waals surface area contributed by atoms with Gasteiger partial charge in [-0.2, -0.15) is 0 Å². The summed E-state index contributed by atoms with van der Waals surface area (Å²) in [5.41, 5.74) is -0.0713. The summed E-state index contributed by atoms with van der Waals surface area (Å²) < 4.78 is 7.13. The fourth-order valence-corrected chi connectivity index (χ4v) is 4.09. The van der Waals surface area contributed by atoms with E-state index in [1.165, 1.54) is 4.68 Å². The van der Waals surface area contributed by atoms with Gasteiger partial charge in [-0.1, -0.05) is 11.6 Å². The molecule has 1 saturated heterocycles. The molecule has 0 bridgehead atoms. The third-order valence-corrected chi connectivity index (χ3v) is 4.89. The van der Waals surface area contributed by atoms with Gasteiger partial charge in [-0.05, 0) is 75.2 Å². The van der Waals surface area contributed by atoms with E-state index in [0.717, 1.165) is 12.8 Å². The van der Waals surface area contributed by atoms with Crippen molar-refractivity contribution >= 4 is 17.5 Å². The van der Waals surface area contributed by atoms with Crippen LogP contribution >= 0.6 is 11.6 Å². The van der Waals surface area contributed by atoms with Gasteiger partial charge < -0.3 is 15.4 Å². The monoisotopic (exact) mass is 406 g/mol. The lowest BCUT2D eigenvalue weighted by molar-refractivity contribution is -0.123. The molecule has 0 spiro atoms. The Morgan fingerprint density at radius 2 is 1.89 bits per heavy atom. The quantitative estimate of drug-likeness (QED) is 0.764. The van der Waals surface area contributed by atoms with Gasteiger partial charge in [0.05, 0.1) is 0 Å². The largest absolute Gasteiger partial charge is 0.486 e. The van der Waals surface area contributed by atoms with Crippen molar-refractivity contribution in [3.05, 3.63) is 35.1 Å². The van der Waals surface area contributed by atoms with Crippen LogP contribution in [0.3, 0.4) is 0 Å². The Morgan fingerprint density at radius 3 is 2.54 bits per heavy atom. The number of tetrazole rings is 1. The van der Waals surface area contributed by atoms with E-state index in [2.05, 4.69) is 53.9 Å². The molecule has 1 fully saturated rings. The molecule has 2 aromatic rings. The average Bonchev–Trinajstić information content (AvgIpc) is 2.98. The van der Waals surface area contributed by atoms with Gasteiger partial charge in [-0.15, -0.1) is 5.10 Å². The molecule has 0 saturated carbocycles. The average molecular weight is 407 g/mol. The number of ether oxygens (including phenoxy) is 1. The summed E-state index contributed by atoms with van der Waals surface area (Å²) in [4.78, 5) is 12.6.